The van der Waals surface area contributed by atoms with E-state index >= 15 is 0 Å². The van der Waals surface area contributed by atoms with Gasteiger partial charge in [0.05, 0.1) is 5.56 Å². The molecule has 0 saturated carbocycles. The minimum absolute atomic E-state index is 0.0302. The van der Waals surface area contributed by atoms with Crippen LogP contribution in [0.3, 0.4) is 0 Å². The monoisotopic (exact) mass is 346 g/mol. The van der Waals surface area contributed by atoms with Gasteiger partial charge < -0.3 is 0 Å². The van der Waals surface area contributed by atoms with Crippen LogP contribution in [0.15, 0.2) is 41.4 Å². The van der Waals surface area contributed by atoms with E-state index in [1.807, 2.05) is 0 Å². The second kappa shape index (κ2) is 6.00. The van der Waals surface area contributed by atoms with Crippen molar-refractivity contribution in [1.29, 1.82) is 0 Å². The van der Waals surface area contributed by atoms with E-state index in [1.165, 1.54) is 18.3 Å². The van der Waals surface area contributed by atoms with Gasteiger partial charge in [0.2, 0.25) is 11.9 Å². The summed E-state index contributed by atoms with van der Waals surface area (Å²) in [4.78, 5) is 32.1. The number of nitrogens with one attached hydrogen (secondary N) is 1. The topological polar surface area (TPSA) is 109 Å². The summed E-state index contributed by atoms with van der Waals surface area (Å²) in [7, 11) is -3.90. The van der Waals surface area contributed by atoms with Crippen LogP contribution in [0, 0.1) is 6.92 Å². The van der Waals surface area contributed by atoms with Crippen LogP contribution in [0.2, 0.25) is 0 Å². The molecule has 2 amide bonds. The van der Waals surface area contributed by atoms with Crippen molar-refractivity contribution in [1.82, 2.24) is 14.3 Å². The van der Waals surface area contributed by atoms with Crippen molar-refractivity contribution >= 4 is 27.8 Å². The number of aryl methyl sites for hydroxylation is 1. The molecule has 0 unspecified atom stereocenters. The van der Waals surface area contributed by atoms with Gasteiger partial charge in [0, 0.05) is 24.9 Å². The number of hydrogen-bond donors (Lipinski definition) is 1. The van der Waals surface area contributed by atoms with Crippen molar-refractivity contribution in [3.05, 3.63) is 47.8 Å². The van der Waals surface area contributed by atoms with E-state index in [-0.39, 0.29) is 29.4 Å². The molecule has 0 aliphatic carbocycles. The lowest BCUT2D eigenvalue weighted by atomic mass is 10.2. The number of fused-ring (bicyclic) bond motifs is 1. The lowest BCUT2D eigenvalue weighted by molar-refractivity contribution is -0.116. The maximum Gasteiger partial charge on any atom is 0.269 e. The smallest absolute Gasteiger partial charge is 0.269 e. The van der Waals surface area contributed by atoms with Gasteiger partial charge in [-0.1, -0.05) is 12.1 Å². The maximum absolute atomic E-state index is 12.4. The zero-order valence-corrected chi connectivity index (χ0v) is 13.6. The minimum Gasteiger partial charge on any atom is -0.294 e. The Morgan fingerprint density at radius 2 is 2.00 bits per heavy atom. The SMILES string of the molecule is Cc1ccnc(NC(=O)CCN2C(=O)c3ccccc3S2(=O)=O)n1. The third kappa shape index (κ3) is 2.85. The molecule has 0 bridgehead atoms. The predicted octanol–water partition coefficient (Wildman–Crippen LogP) is 0.958. The quantitative estimate of drug-likeness (QED) is 0.883. The molecule has 3 rings (SSSR count). The maximum atomic E-state index is 12.4. The second-order valence-corrected chi connectivity index (χ2v) is 7.03. The van der Waals surface area contributed by atoms with Crippen LogP contribution in [-0.2, 0) is 14.8 Å². The van der Waals surface area contributed by atoms with Crippen LogP contribution < -0.4 is 5.32 Å². The van der Waals surface area contributed by atoms with Crippen molar-refractivity contribution in [2.24, 2.45) is 0 Å². The molecule has 1 aliphatic rings. The molecule has 1 aromatic carbocycles. The highest BCUT2D eigenvalue weighted by Crippen LogP contribution is 2.29. The molecule has 0 atom stereocenters. The molecule has 0 saturated heterocycles. The molecule has 1 aliphatic heterocycles. The number of rotatable bonds is 4. The molecule has 1 aromatic heterocycles. The highest BCUT2D eigenvalue weighted by molar-refractivity contribution is 7.90. The van der Waals surface area contributed by atoms with E-state index in [2.05, 4.69) is 15.3 Å². The van der Waals surface area contributed by atoms with Crippen molar-refractivity contribution in [3.63, 3.8) is 0 Å². The zero-order valence-electron chi connectivity index (χ0n) is 12.8. The highest BCUT2D eigenvalue weighted by Gasteiger charge is 2.40. The summed E-state index contributed by atoms with van der Waals surface area (Å²) in [5.41, 5.74) is 0.813. The van der Waals surface area contributed by atoms with Crippen LogP contribution in [0.1, 0.15) is 22.5 Å². The Morgan fingerprint density at radius 1 is 1.25 bits per heavy atom. The van der Waals surface area contributed by atoms with E-state index in [9.17, 15) is 18.0 Å². The van der Waals surface area contributed by atoms with Crippen LogP contribution in [-0.4, -0.2) is 41.1 Å². The number of carbonyl (C=O) groups is 2. The van der Waals surface area contributed by atoms with Crippen molar-refractivity contribution in [2.75, 3.05) is 11.9 Å². The van der Waals surface area contributed by atoms with E-state index in [0.717, 1.165) is 0 Å². The average Bonchev–Trinajstić information content (AvgIpc) is 2.73. The Hall–Kier alpha value is -2.81. The Kier molecular flexibility index (Phi) is 4.02. The molecular weight excluding hydrogens is 332 g/mol. The van der Waals surface area contributed by atoms with Gasteiger partial charge in [0.15, 0.2) is 0 Å². The Bertz CT molecular complexity index is 927. The molecule has 0 radical (unpaired) electrons. The van der Waals surface area contributed by atoms with Gasteiger partial charge in [0.1, 0.15) is 4.90 Å². The fourth-order valence-electron chi connectivity index (χ4n) is 2.35. The molecule has 2 aromatic rings. The standard InChI is InChI=1S/C15H14N4O4S/c1-10-6-8-16-15(17-10)18-13(20)7-9-19-14(21)11-4-2-3-5-12(11)24(19,22)23/h2-6,8H,7,9H2,1H3,(H,16,17,18,20). The molecule has 0 fully saturated rings. The summed E-state index contributed by atoms with van der Waals surface area (Å²) < 4.78 is 25.4. The summed E-state index contributed by atoms with van der Waals surface area (Å²) in [6.07, 6.45) is 1.32. The van der Waals surface area contributed by atoms with Crippen molar-refractivity contribution in [2.45, 2.75) is 18.2 Å². The number of carbonyl (C=O) groups excluding carboxylic acids is 2. The van der Waals surface area contributed by atoms with Gasteiger partial charge in [-0.05, 0) is 25.1 Å². The third-order valence-electron chi connectivity index (χ3n) is 3.50. The fraction of sp³-hybridized carbons (Fsp3) is 0.200. The van der Waals surface area contributed by atoms with Gasteiger partial charge in [-0.25, -0.2) is 22.7 Å². The van der Waals surface area contributed by atoms with Gasteiger partial charge in [-0.3, -0.25) is 14.9 Å². The average molecular weight is 346 g/mol. The minimum atomic E-state index is -3.90. The Morgan fingerprint density at radius 3 is 2.71 bits per heavy atom. The molecule has 9 heteroatoms. The second-order valence-electron chi connectivity index (χ2n) is 5.20. The number of sulfonamides is 1. The number of amides is 2. The normalized spacial score (nSPS) is 15.2. The lowest BCUT2D eigenvalue weighted by Crippen LogP contribution is -2.33. The first kappa shape index (κ1) is 16.1. The summed E-state index contributed by atoms with van der Waals surface area (Å²) in [6.45, 7) is 1.51. The molecule has 124 valence electrons. The Balaban J connectivity index is 1.69. The number of anilines is 1. The number of benzene rings is 1. The van der Waals surface area contributed by atoms with Gasteiger partial charge >= 0.3 is 0 Å². The molecular formula is C15H14N4O4S. The Labute approximate surface area is 138 Å². The predicted molar refractivity (Wildman–Crippen MR) is 84.7 cm³/mol. The summed E-state index contributed by atoms with van der Waals surface area (Å²) in [5.74, 6) is -0.955. The number of aromatic nitrogens is 2. The van der Waals surface area contributed by atoms with Crippen LogP contribution in [0.4, 0.5) is 5.95 Å². The van der Waals surface area contributed by atoms with E-state index in [0.29, 0.717) is 10.00 Å². The summed E-state index contributed by atoms with van der Waals surface area (Å²) in [5, 5.41) is 2.48. The molecule has 2 heterocycles. The van der Waals surface area contributed by atoms with E-state index < -0.39 is 21.8 Å². The first-order valence-electron chi connectivity index (χ1n) is 7.15. The molecule has 0 spiro atoms. The van der Waals surface area contributed by atoms with Gasteiger partial charge in [0.25, 0.3) is 15.9 Å². The zero-order chi connectivity index (χ0) is 17.3. The van der Waals surface area contributed by atoms with E-state index in [4.69, 9.17) is 0 Å². The van der Waals surface area contributed by atoms with Gasteiger partial charge in [-0.15, -0.1) is 0 Å². The van der Waals surface area contributed by atoms with Crippen molar-refractivity contribution < 1.29 is 18.0 Å². The fourth-order valence-corrected chi connectivity index (χ4v) is 3.92. The first-order valence-corrected chi connectivity index (χ1v) is 8.59. The molecule has 24 heavy (non-hydrogen) atoms. The first-order chi connectivity index (χ1) is 11.4. The van der Waals surface area contributed by atoms with Crippen molar-refractivity contribution in [3.8, 4) is 0 Å². The van der Waals surface area contributed by atoms with Gasteiger partial charge in [-0.2, -0.15) is 0 Å². The summed E-state index contributed by atoms with van der Waals surface area (Å²) in [6, 6.07) is 7.66. The summed E-state index contributed by atoms with van der Waals surface area (Å²) >= 11 is 0. The third-order valence-corrected chi connectivity index (χ3v) is 5.34. The lowest BCUT2D eigenvalue weighted by Gasteiger charge is -2.14. The van der Waals surface area contributed by atoms with E-state index in [1.54, 1.807) is 25.1 Å². The largest absolute Gasteiger partial charge is 0.294 e. The molecule has 8 nitrogen and oxygen atoms in total. The van der Waals surface area contributed by atoms with Crippen LogP contribution >= 0.6 is 0 Å². The molecule has 1 N–H and O–H groups in total. The highest BCUT2D eigenvalue weighted by atomic mass is 32.2. The van der Waals surface area contributed by atoms with Crippen LogP contribution in [0.5, 0.6) is 0 Å². The number of hydrogen-bond acceptors (Lipinski definition) is 6. The number of nitrogens with zero attached hydrogens (tertiary/aromatic N) is 3. The van der Waals surface area contributed by atoms with Crippen LogP contribution in [0.25, 0.3) is 0 Å².